The molecule has 140 valence electrons. The molecule has 27 heavy (non-hydrogen) atoms. The van der Waals surface area contributed by atoms with Crippen LogP contribution in [0.25, 0.3) is 6.08 Å². The van der Waals surface area contributed by atoms with Crippen LogP contribution in [0.5, 0.6) is 0 Å². The molecular formula is C19H20N4O4. The Bertz CT molecular complexity index is 847. The molecule has 0 aliphatic rings. The Morgan fingerprint density at radius 2 is 1.78 bits per heavy atom. The van der Waals surface area contributed by atoms with E-state index in [1.165, 1.54) is 12.1 Å². The molecule has 0 bridgehead atoms. The zero-order valence-electron chi connectivity index (χ0n) is 14.8. The average molecular weight is 368 g/mol. The normalized spacial score (nSPS) is 10.4. The Morgan fingerprint density at radius 3 is 2.44 bits per heavy atom. The highest BCUT2D eigenvalue weighted by molar-refractivity contribution is 5.94. The summed E-state index contributed by atoms with van der Waals surface area (Å²) in [6.45, 7) is 0.663. The smallest absolute Gasteiger partial charge is 0.292 e. The molecule has 3 N–H and O–H groups in total. The summed E-state index contributed by atoms with van der Waals surface area (Å²) in [5.74, 6) is -0.454. The summed E-state index contributed by atoms with van der Waals surface area (Å²) >= 11 is 0. The Balaban J connectivity index is 1.79. The van der Waals surface area contributed by atoms with Gasteiger partial charge in [-0.25, -0.2) is 0 Å². The van der Waals surface area contributed by atoms with Crippen LogP contribution >= 0.6 is 0 Å². The van der Waals surface area contributed by atoms with Crippen LogP contribution < -0.4 is 16.0 Å². The molecule has 2 aromatic rings. The van der Waals surface area contributed by atoms with Gasteiger partial charge in [-0.15, -0.1) is 0 Å². The minimum atomic E-state index is -0.459. The first-order valence-electron chi connectivity index (χ1n) is 8.26. The van der Waals surface area contributed by atoms with E-state index in [4.69, 9.17) is 0 Å². The summed E-state index contributed by atoms with van der Waals surface area (Å²) in [7, 11) is 1.56. The molecule has 0 aliphatic heterocycles. The first-order valence-corrected chi connectivity index (χ1v) is 8.26. The second kappa shape index (κ2) is 9.71. The molecule has 0 aromatic heterocycles. The predicted molar refractivity (Wildman–Crippen MR) is 103 cm³/mol. The molecule has 0 spiro atoms. The van der Waals surface area contributed by atoms with Crippen molar-refractivity contribution in [2.45, 2.75) is 0 Å². The van der Waals surface area contributed by atoms with E-state index in [2.05, 4.69) is 16.0 Å². The molecule has 8 heteroatoms. The van der Waals surface area contributed by atoms with Crippen molar-refractivity contribution in [1.29, 1.82) is 0 Å². The number of anilines is 1. The first kappa shape index (κ1) is 19.6. The summed E-state index contributed by atoms with van der Waals surface area (Å²) in [5, 5.41) is 19.1. The van der Waals surface area contributed by atoms with Gasteiger partial charge in [0.15, 0.2) is 0 Å². The molecule has 2 aromatic carbocycles. The first-order chi connectivity index (χ1) is 13.0. The highest BCUT2D eigenvalue weighted by Gasteiger charge is 2.11. The van der Waals surface area contributed by atoms with Crippen molar-refractivity contribution in [3.63, 3.8) is 0 Å². The molecule has 0 saturated heterocycles. The molecule has 2 rings (SSSR count). The maximum absolute atomic E-state index is 11.8. The zero-order valence-corrected chi connectivity index (χ0v) is 14.8. The highest BCUT2D eigenvalue weighted by atomic mass is 16.6. The third-order valence-electron chi connectivity index (χ3n) is 3.67. The summed E-state index contributed by atoms with van der Waals surface area (Å²) in [6, 6.07) is 13.2. The van der Waals surface area contributed by atoms with Crippen molar-refractivity contribution >= 4 is 29.3 Å². The van der Waals surface area contributed by atoms with Crippen molar-refractivity contribution in [2.75, 3.05) is 25.5 Å². The van der Waals surface area contributed by atoms with Gasteiger partial charge in [0, 0.05) is 37.8 Å². The van der Waals surface area contributed by atoms with Crippen LogP contribution in [-0.2, 0) is 4.79 Å². The van der Waals surface area contributed by atoms with Crippen LogP contribution in [0.1, 0.15) is 15.9 Å². The van der Waals surface area contributed by atoms with Gasteiger partial charge in [-0.05, 0) is 29.8 Å². The fourth-order valence-electron chi connectivity index (χ4n) is 2.29. The lowest BCUT2D eigenvalue weighted by molar-refractivity contribution is -0.384. The number of carbonyl (C=O) groups excluding carboxylic acids is 2. The number of nitrogens with zero attached hydrogens (tertiary/aromatic N) is 1. The van der Waals surface area contributed by atoms with E-state index >= 15 is 0 Å². The summed E-state index contributed by atoms with van der Waals surface area (Å²) in [5.41, 5.74) is 1.73. The van der Waals surface area contributed by atoms with Crippen LogP contribution in [0, 0.1) is 10.1 Å². The standard InChI is InChI=1S/C19H20N4O4/c1-20-19(25)15-9-6-14(7-10-15)8-11-18(24)22-13-12-21-16-4-2-3-5-17(16)23(26)27/h2-11,21H,12-13H2,1H3,(H,20,25)(H,22,24)/b11-8+. The van der Waals surface area contributed by atoms with Gasteiger partial charge in [0.1, 0.15) is 5.69 Å². The highest BCUT2D eigenvalue weighted by Crippen LogP contribution is 2.22. The summed E-state index contributed by atoms with van der Waals surface area (Å²) in [6.07, 6.45) is 3.03. The summed E-state index contributed by atoms with van der Waals surface area (Å²) < 4.78 is 0. The monoisotopic (exact) mass is 368 g/mol. The Hall–Kier alpha value is -3.68. The Kier molecular flexibility index (Phi) is 7.07. The number of carbonyl (C=O) groups is 2. The van der Waals surface area contributed by atoms with E-state index in [1.807, 2.05) is 0 Å². The topological polar surface area (TPSA) is 113 Å². The van der Waals surface area contributed by atoms with Crippen molar-refractivity contribution in [1.82, 2.24) is 10.6 Å². The number of para-hydroxylation sites is 2. The van der Waals surface area contributed by atoms with E-state index in [1.54, 1.807) is 55.6 Å². The van der Waals surface area contributed by atoms with Gasteiger partial charge in [0.2, 0.25) is 5.91 Å². The summed E-state index contributed by atoms with van der Waals surface area (Å²) in [4.78, 5) is 33.8. The molecular weight excluding hydrogens is 348 g/mol. The molecule has 0 heterocycles. The number of nitro benzene ring substituents is 1. The number of amides is 2. The Labute approximate surface area is 156 Å². The molecule has 8 nitrogen and oxygen atoms in total. The minimum absolute atomic E-state index is 0.0103. The fraction of sp³-hybridized carbons (Fsp3) is 0.158. The number of hydrogen-bond acceptors (Lipinski definition) is 5. The van der Waals surface area contributed by atoms with Crippen LogP contribution in [0.3, 0.4) is 0 Å². The molecule has 0 fully saturated rings. The lowest BCUT2D eigenvalue weighted by Gasteiger charge is -2.07. The number of benzene rings is 2. The molecule has 0 atom stereocenters. The maximum atomic E-state index is 11.8. The predicted octanol–water partition coefficient (Wildman–Crippen LogP) is 2.20. The average Bonchev–Trinajstić information content (AvgIpc) is 2.69. The van der Waals surface area contributed by atoms with Crippen LogP contribution in [0.2, 0.25) is 0 Å². The molecule has 0 radical (unpaired) electrons. The van der Waals surface area contributed by atoms with Crippen LogP contribution in [0.15, 0.2) is 54.6 Å². The third kappa shape index (κ3) is 5.96. The van der Waals surface area contributed by atoms with E-state index in [-0.39, 0.29) is 17.5 Å². The Morgan fingerprint density at radius 1 is 1.07 bits per heavy atom. The van der Waals surface area contributed by atoms with Gasteiger partial charge in [0.05, 0.1) is 4.92 Å². The van der Waals surface area contributed by atoms with E-state index < -0.39 is 4.92 Å². The zero-order chi connectivity index (χ0) is 19.6. The van der Waals surface area contributed by atoms with Crippen LogP contribution in [0.4, 0.5) is 11.4 Å². The van der Waals surface area contributed by atoms with Gasteiger partial charge in [-0.2, -0.15) is 0 Å². The van der Waals surface area contributed by atoms with Crippen molar-refractivity contribution < 1.29 is 14.5 Å². The molecule has 0 saturated carbocycles. The van der Waals surface area contributed by atoms with E-state index in [9.17, 15) is 19.7 Å². The third-order valence-corrected chi connectivity index (χ3v) is 3.67. The minimum Gasteiger partial charge on any atom is -0.378 e. The number of nitrogens with one attached hydrogen (secondary N) is 3. The maximum Gasteiger partial charge on any atom is 0.292 e. The fourth-order valence-corrected chi connectivity index (χ4v) is 2.29. The SMILES string of the molecule is CNC(=O)c1ccc(/C=C/C(=O)NCCNc2ccccc2[N+](=O)[O-])cc1. The number of nitro groups is 1. The van der Waals surface area contributed by atoms with Crippen LogP contribution in [-0.4, -0.2) is 36.9 Å². The second-order valence-electron chi connectivity index (χ2n) is 5.53. The van der Waals surface area contributed by atoms with E-state index in [0.717, 1.165) is 5.56 Å². The van der Waals surface area contributed by atoms with Gasteiger partial charge in [-0.1, -0.05) is 24.3 Å². The van der Waals surface area contributed by atoms with E-state index in [0.29, 0.717) is 24.3 Å². The van der Waals surface area contributed by atoms with Gasteiger partial charge in [0.25, 0.3) is 11.6 Å². The van der Waals surface area contributed by atoms with Gasteiger partial charge >= 0.3 is 0 Å². The second-order valence-corrected chi connectivity index (χ2v) is 5.53. The largest absolute Gasteiger partial charge is 0.378 e. The quantitative estimate of drug-likeness (QED) is 0.286. The van der Waals surface area contributed by atoms with Gasteiger partial charge in [-0.3, -0.25) is 19.7 Å². The number of rotatable bonds is 8. The van der Waals surface area contributed by atoms with Crippen molar-refractivity contribution in [3.05, 3.63) is 75.8 Å². The van der Waals surface area contributed by atoms with Crippen molar-refractivity contribution in [2.24, 2.45) is 0 Å². The molecule has 2 amide bonds. The van der Waals surface area contributed by atoms with Gasteiger partial charge < -0.3 is 16.0 Å². The van der Waals surface area contributed by atoms with Crippen molar-refractivity contribution in [3.8, 4) is 0 Å². The lowest BCUT2D eigenvalue weighted by atomic mass is 10.1. The molecule has 0 aliphatic carbocycles. The molecule has 0 unspecified atom stereocenters. The number of hydrogen-bond donors (Lipinski definition) is 3. The lowest BCUT2D eigenvalue weighted by Crippen LogP contribution is -2.27.